The van der Waals surface area contributed by atoms with E-state index in [2.05, 4.69) is 4.72 Å². The van der Waals surface area contributed by atoms with Crippen molar-refractivity contribution in [3.8, 4) is 22.6 Å². The summed E-state index contributed by atoms with van der Waals surface area (Å²) >= 11 is 0. The third kappa shape index (κ3) is 4.12. The summed E-state index contributed by atoms with van der Waals surface area (Å²) in [4.78, 5) is 0. The van der Waals surface area contributed by atoms with Crippen molar-refractivity contribution in [3.63, 3.8) is 0 Å². The van der Waals surface area contributed by atoms with Crippen molar-refractivity contribution in [1.29, 1.82) is 0 Å². The number of benzene rings is 3. The highest BCUT2D eigenvalue weighted by atomic mass is 32.2. The van der Waals surface area contributed by atoms with Crippen LogP contribution in [0, 0.1) is 0 Å². The Labute approximate surface area is 170 Å². The molecule has 1 aliphatic rings. The quantitative estimate of drug-likeness (QED) is 0.655. The molecule has 0 aromatic heterocycles. The van der Waals surface area contributed by atoms with Crippen molar-refractivity contribution in [2.45, 2.75) is 6.10 Å². The van der Waals surface area contributed by atoms with Crippen LogP contribution in [0.4, 0.5) is 5.69 Å². The van der Waals surface area contributed by atoms with Crippen LogP contribution in [-0.4, -0.2) is 21.8 Å². The van der Waals surface area contributed by atoms with Gasteiger partial charge in [0.25, 0.3) is 0 Å². The fourth-order valence-electron chi connectivity index (χ4n) is 3.45. The van der Waals surface area contributed by atoms with Crippen LogP contribution in [0.15, 0.2) is 72.8 Å². The lowest BCUT2D eigenvalue weighted by molar-refractivity contribution is 0.251. The molecule has 0 radical (unpaired) electrons. The van der Waals surface area contributed by atoms with Crippen molar-refractivity contribution >= 4 is 21.8 Å². The zero-order chi connectivity index (χ0) is 20.4. The van der Waals surface area contributed by atoms with Gasteiger partial charge in [0, 0.05) is 11.3 Å². The topological polar surface area (TPSA) is 64.6 Å². The molecule has 29 heavy (non-hydrogen) atoms. The first-order valence-electron chi connectivity index (χ1n) is 9.13. The van der Waals surface area contributed by atoms with Gasteiger partial charge in [-0.3, -0.25) is 4.72 Å². The molecule has 0 bridgehead atoms. The van der Waals surface area contributed by atoms with E-state index in [9.17, 15) is 8.42 Å². The molecular formula is C23H21NO4S. The van der Waals surface area contributed by atoms with Gasteiger partial charge in [-0.15, -0.1) is 0 Å². The van der Waals surface area contributed by atoms with E-state index in [1.165, 1.54) is 0 Å². The second-order valence-electron chi connectivity index (χ2n) is 6.82. The molecule has 0 fully saturated rings. The second kappa shape index (κ2) is 7.64. The van der Waals surface area contributed by atoms with Gasteiger partial charge in [-0.1, -0.05) is 48.5 Å². The summed E-state index contributed by atoms with van der Waals surface area (Å²) in [6.07, 6.45) is 4.73. The van der Waals surface area contributed by atoms with Crippen LogP contribution in [0.1, 0.15) is 17.2 Å². The molecule has 1 heterocycles. The maximum atomic E-state index is 11.7. The Morgan fingerprint density at radius 1 is 1.03 bits per heavy atom. The molecule has 4 rings (SSSR count). The minimum absolute atomic E-state index is 0.369. The fraction of sp³-hybridized carbons (Fsp3) is 0.130. The molecule has 1 unspecified atom stereocenters. The predicted octanol–water partition coefficient (Wildman–Crippen LogP) is 4.88. The molecule has 5 nitrogen and oxygen atoms in total. The minimum atomic E-state index is -3.38. The maximum Gasteiger partial charge on any atom is 0.229 e. The average Bonchev–Trinajstić information content (AvgIpc) is 2.71. The van der Waals surface area contributed by atoms with E-state index < -0.39 is 10.0 Å². The van der Waals surface area contributed by atoms with Crippen LogP contribution in [0.3, 0.4) is 0 Å². The molecule has 6 heteroatoms. The Bertz CT molecular complexity index is 1170. The van der Waals surface area contributed by atoms with Crippen molar-refractivity contribution in [2.24, 2.45) is 0 Å². The number of methoxy groups -OCH3 is 1. The molecule has 148 valence electrons. The Morgan fingerprint density at radius 3 is 2.55 bits per heavy atom. The van der Waals surface area contributed by atoms with Gasteiger partial charge in [0.1, 0.15) is 17.6 Å². The maximum absolute atomic E-state index is 11.7. The third-order valence-corrected chi connectivity index (χ3v) is 5.26. The Kier molecular flexibility index (Phi) is 5.03. The summed E-state index contributed by atoms with van der Waals surface area (Å²) < 4.78 is 37.7. The number of sulfonamides is 1. The standard InChI is InChI=1S/C23H21NO4S/c1-27-21-9-6-10-22-23(21)18-13-12-17(24-29(2,25)26)15-19(18)20(28-22)14-11-16-7-4-3-5-8-16/h3-15,20,24H,1-2H3. The van der Waals surface area contributed by atoms with E-state index in [1.54, 1.807) is 13.2 Å². The van der Waals surface area contributed by atoms with Gasteiger partial charge in [0.05, 0.1) is 18.9 Å². The molecule has 0 saturated carbocycles. The minimum Gasteiger partial charge on any atom is -0.496 e. The van der Waals surface area contributed by atoms with Crippen LogP contribution < -0.4 is 14.2 Å². The van der Waals surface area contributed by atoms with Crippen molar-refractivity contribution in [1.82, 2.24) is 0 Å². The lowest BCUT2D eigenvalue weighted by Gasteiger charge is -2.28. The van der Waals surface area contributed by atoms with Crippen molar-refractivity contribution < 1.29 is 17.9 Å². The van der Waals surface area contributed by atoms with Crippen LogP contribution in [0.5, 0.6) is 11.5 Å². The number of fused-ring (bicyclic) bond motifs is 3. The Morgan fingerprint density at radius 2 is 1.83 bits per heavy atom. The van der Waals surface area contributed by atoms with Gasteiger partial charge in [0.15, 0.2) is 0 Å². The highest BCUT2D eigenvalue weighted by Crippen LogP contribution is 2.48. The van der Waals surface area contributed by atoms with Gasteiger partial charge in [-0.25, -0.2) is 8.42 Å². The zero-order valence-corrected chi connectivity index (χ0v) is 16.9. The number of anilines is 1. The summed E-state index contributed by atoms with van der Waals surface area (Å²) in [6.45, 7) is 0. The number of rotatable bonds is 5. The van der Waals surface area contributed by atoms with Gasteiger partial charge >= 0.3 is 0 Å². The van der Waals surface area contributed by atoms with E-state index in [4.69, 9.17) is 9.47 Å². The lowest BCUT2D eigenvalue weighted by atomic mass is 9.91. The van der Waals surface area contributed by atoms with E-state index in [-0.39, 0.29) is 6.10 Å². The molecule has 0 saturated heterocycles. The molecule has 1 N–H and O–H groups in total. The van der Waals surface area contributed by atoms with Crippen molar-refractivity contribution in [2.75, 3.05) is 18.1 Å². The summed E-state index contributed by atoms with van der Waals surface area (Å²) in [5.74, 6) is 1.43. The highest BCUT2D eigenvalue weighted by molar-refractivity contribution is 7.92. The molecule has 3 aromatic carbocycles. The van der Waals surface area contributed by atoms with E-state index in [1.807, 2.05) is 72.8 Å². The molecule has 0 aliphatic carbocycles. The first-order valence-corrected chi connectivity index (χ1v) is 11.0. The summed E-state index contributed by atoms with van der Waals surface area (Å²) in [5.41, 5.74) is 4.22. The number of hydrogen-bond acceptors (Lipinski definition) is 4. The fourth-order valence-corrected chi connectivity index (χ4v) is 4.01. The van der Waals surface area contributed by atoms with Crippen LogP contribution in [0.2, 0.25) is 0 Å². The highest BCUT2D eigenvalue weighted by Gasteiger charge is 2.27. The molecule has 1 atom stereocenters. The normalized spacial score (nSPS) is 15.3. The molecule has 0 amide bonds. The van der Waals surface area contributed by atoms with E-state index in [0.717, 1.165) is 34.3 Å². The Hall–Kier alpha value is -3.25. The largest absolute Gasteiger partial charge is 0.496 e. The second-order valence-corrected chi connectivity index (χ2v) is 8.57. The first kappa shape index (κ1) is 19.1. The van der Waals surface area contributed by atoms with Crippen LogP contribution in [0.25, 0.3) is 17.2 Å². The summed E-state index contributed by atoms with van der Waals surface area (Å²) in [5, 5.41) is 0. The number of hydrogen-bond donors (Lipinski definition) is 1. The van der Waals surface area contributed by atoms with Gasteiger partial charge in [-0.2, -0.15) is 0 Å². The molecule has 0 spiro atoms. The van der Waals surface area contributed by atoms with Gasteiger partial charge in [-0.05, 0) is 41.5 Å². The van der Waals surface area contributed by atoms with Crippen LogP contribution in [-0.2, 0) is 10.0 Å². The number of nitrogens with one attached hydrogen (secondary N) is 1. The molecule has 3 aromatic rings. The zero-order valence-electron chi connectivity index (χ0n) is 16.1. The van der Waals surface area contributed by atoms with Gasteiger partial charge < -0.3 is 9.47 Å². The van der Waals surface area contributed by atoms with E-state index >= 15 is 0 Å². The monoisotopic (exact) mass is 407 g/mol. The molecular weight excluding hydrogens is 386 g/mol. The van der Waals surface area contributed by atoms with Crippen molar-refractivity contribution in [3.05, 3.63) is 83.9 Å². The SMILES string of the molecule is COc1cccc2c1-c1ccc(NS(C)(=O)=O)cc1C(C=Cc1ccccc1)O2. The van der Waals surface area contributed by atoms with Gasteiger partial charge in [0.2, 0.25) is 10.0 Å². The smallest absolute Gasteiger partial charge is 0.229 e. The average molecular weight is 407 g/mol. The number of ether oxygens (including phenoxy) is 2. The lowest BCUT2D eigenvalue weighted by Crippen LogP contribution is -2.15. The third-order valence-electron chi connectivity index (χ3n) is 4.66. The Balaban J connectivity index is 1.82. The first-order chi connectivity index (χ1) is 13.9. The summed E-state index contributed by atoms with van der Waals surface area (Å²) in [6, 6.07) is 21.1. The summed E-state index contributed by atoms with van der Waals surface area (Å²) in [7, 11) is -1.76. The molecule has 1 aliphatic heterocycles. The van der Waals surface area contributed by atoms with Crippen LogP contribution >= 0.6 is 0 Å². The van der Waals surface area contributed by atoms with E-state index in [0.29, 0.717) is 11.4 Å². The predicted molar refractivity (Wildman–Crippen MR) is 116 cm³/mol.